The van der Waals surface area contributed by atoms with Gasteiger partial charge in [0.05, 0.1) is 0 Å². The standard InChI is InChI=1S/C12H18OS/c1-2-3-6-11(13)7-4-8-12-9-5-10-14-12/h5,9-10H,2-4,6-8H2,1H3. The van der Waals surface area contributed by atoms with Gasteiger partial charge in [0.2, 0.25) is 0 Å². The predicted octanol–water partition coefficient (Wildman–Crippen LogP) is 3.83. The first-order valence-corrected chi connectivity index (χ1v) is 6.25. The average Bonchev–Trinajstić information content (AvgIpc) is 2.67. The van der Waals surface area contributed by atoms with Crippen molar-refractivity contribution in [2.75, 3.05) is 0 Å². The lowest BCUT2D eigenvalue weighted by Gasteiger charge is -1.98. The Morgan fingerprint density at radius 2 is 2.14 bits per heavy atom. The fraction of sp³-hybridized carbons (Fsp3) is 0.583. The van der Waals surface area contributed by atoms with Crippen molar-refractivity contribution < 1.29 is 4.79 Å². The molecule has 1 aromatic heterocycles. The lowest BCUT2D eigenvalue weighted by molar-refractivity contribution is -0.119. The highest BCUT2D eigenvalue weighted by atomic mass is 32.1. The summed E-state index contributed by atoms with van der Waals surface area (Å²) in [6.45, 7) is 2.12. The van der Waals surface area contributed by atoms with Crippen LogP contribution in [0.5, 0.6) is 0 Å². The van der Waals surface area contributed by atoms with Crippen LogP contribution in [-0.2, 0) is 11.2 Å². The molecule has 0 N–H and O–H groups in total. The second-order valence-corrected chi connectivity index (χ2v) is 4.61. The van der Waals surface area contributed by atoms with Crippen LogP contribution in [0.3, 0.4) is 0 Å². The maximum absolute atomic E-state index is 11.3. The summed E-state index contributed by atoms with van der Waals surface area (Å²) in [5, 5.41) is 2.09. The van der Waals surface area contributed by atoms with E-state index in [-0.39, 0.29) is 0 Å². The summed E-state index contributed by atoms with van der Waals surface area (Å²) in [6, 6.07) is 4.21. The molecule has 0 unspecified atom stereocenters. The van der Waals surface area contributed by atoms with Crippen molar-refractivity contribution >= 4 is 17.1 Å². The zero-order valence-corrected chi connectivity index (χ0v) is 9.61. The monoisotopic (exact) mass is 210 g/mol. The molecule has 0 amide bonds. The summed E-state index contributed by atoms with van der Waals surface area (Å²) >= 11 is 1.78. The number of carbonyl (C=O) groups excluding carboxylic acids is 1. The van der Waals surface area contributed by atoms with Crippen LogP contribution in [0.4, 0.5) is 0 Å². The number of hydrogen-bond donors (Lipinski definition) is 0. The van der Waals surface area contributed by atoms with E-state index in [2.05, 4.69) is 24.4 Å². The van der Waals surface area contributed by atoms with Gasteiger partial charge in [-0.1, -0.05) is 19.4 Å². The molecule has 0 fully saturated rings. The number of carbonyl (C=O) groups is 1. The molecular weight excluding hydrogens is 192 g/mol. The summed E-state index contributed by atoms with van der Waals surface area (Å²) in [4.78, 5) is 12.7. The summed E-state index contributed by atoms with van der Waals surface area (Å²) in [5.41, 5.74) is 0. The van der Waals surface area contributed by atoms with Gasteiger partial charge in [-0.05, 0) is 30.7 Å². The molecule has 14 heavy (non-hydrogen) atoms. The third kappa shape index (κ3) is 4.56. The van der Waals surface area contributed by atoms with Crippen LogP contribution >= 0.6 is 11.3 Å². The normalized spacial score (nSPS) is 10.4. The van der Waals surface area contributed by atoms with Crippen LogP contribution in [0, 0.1) is 0 Å². The smallest absolute Gasteiger partial charge is 0.132 e. The Hall–Kier alpha value is -0.630. The lowest BCUT2D eigenvalue weighted by Crippen LogP contribution is -1.97. The summed E-state index contributed by atoms with van der Waals surface area (Å²) in [7, 11) is 0. The van der Waals surface area contributed by atoms with Crippen molar-refractivity contribution in [2.45, 2.75) is 45.4 Å². The molecule has 0 radical (unpaired) electrons. The van der Waals surface area contributed by atoms with E-state index in [1.807, 2.05) is 0 Å². The van der Waals surface area contributed by atoms with Gasteiger partial charge in [0.25, 0.3) is 0 Å². The van der Waals surface area contributed by atoms with Gasteiger partial charge in [0.15, 0.2) is 0 Å². The number of aryl methyl sites for hydroxylation is 1. The molecule has 1 heterocycles. The molecule has 0 atom stereocenters. The van der Waals surface area contributed by atoms with Gasteiger partial charge in [-0.15, -0.1) is 11.3 Å². The first kappa shape index (κ1) is 11.4. The first-order valence-electron chi connectivity index (χ1n) is 5.37. The number of rotatable bonds is 7. The van der Waals surface area contributed by atoms with Gasteiger partial charge >= 0.3 is 0 Å². The van der Waals surface area contributed by atoms with Crippen LogP contribution in [0.15, 0.2) is 17.5 Å². The van der Waals surface area contributed by atoms with Crippen molar-refractivity contribution in [2.24, 2.45) is 0 Å². The second-order valence-electron chi connectivity index (χ2n) is 3.58. The van der Waals surface area contributed by atoms with E-state index in [9.17, 15) is 4.79 Å². The van der Waals surface area contributed by atoms with E-state index in [0.29, 0.717) is 5.78 Å². The Morgan fingerprint density at radius 3 is 2.79 bits per heavy atom. The number of hydrogen-bond acceptors (Lipinski definition) is 2. The van der Waals surface area contributed by atoms with Gasteiger partial charge in [-0.25, -0.2) is 0 Å². The third-order valence-electron chi connectivity index (χ3n) is 2.27. The largest absolute Gasteiger partial charge is 0.300 e. The molecule has 1 aromatic rings. The highest BCUT2D eigenvalue weighted by molar-refractivity contribution is 7.09. The Labute approximate surface area is 90.2 Å². The summed E-state index contributed by atoms with van der Waals surface area (Å²) in [5.74, 6) is 0.434. The minimum atomic E-state index is 0.434. The molecule has 0 saturated heterocycles. The maximum atomic E-state index is 11.3. The van der Waals surface area contributed by atoms with Crippen LogP contribution in [0.1, 0.15) is 43.9 Å². The van der Waals surface area contributed by atoms with E-state index in [4.69, 9.17) is 0 Å². The number of ketones is 1. The van der Waals surface area contributed by atoms with Crippen LogP contribution in [0.25, 0.3) is 0 Å². The van der Waals surface area contributed by atoms with E-state index >= 15 is 0 Å². The molecular formula is C12H18OS. The topological polar surface area (TPSA) is 17.1 Å². The Balaban J connectivity index is 2.06. The zero-order valence-electron chi connectivity index (χ0n) is 8.79. The molecule has 78 valence electrons. The van der Waals surface area contributed by atoms with Gasteiger partial charge in [-0.3, -0.25) is 4.79 Å². The SMILES string of the molecule is CCCCC(=O)CCCc1cccs1. The van der Waals surface area contributed by atoms with Gasteiger partial charge < -0.3 is 0 Å². The minimum absolute atomic E-state index is 0.434. The van der Waals surface area contributed by atoms with Crippen molar-refractivity contribution in [1.82, 2.24) is 0 Å². The Bertz CT molecular complexity index is 251. The Kier molecular flexibility index (Phi) is 5.53. The van der Waals surface area contributed by atoms with E-state index in [1.54, 1.807) is 11.3 Å². The highest BCUT2D eigenvalue weighted by Gasteiger charge is 2.01. The average molecular weight is 210 g/mol. The van der Waals surface area contributed by atoms with E-state index in [1.165, 1.54) is 4.88 Å². The second kappa shape index (κ2) is 6.77. The molecule has 0 aliphatic carbocycles. The molecule has 1 rings (SSSR count). The lowest BCUT2D eigenvalue weighted by atomic mass is 10.1. The van der Waals surface area contributed by atoms with Gasteiger partial charge in [0, 0.05) is 17.7 Å². The van der Waals surface area contributed by atoms with Crippen molar-refractivity contribution in [1.29, 1.82) is 0 Å². The summed E-state index contributed by atoms with van der Waals surface area (Å²) < 4.78 is 0. The summed E-state index contributed by atoms with van der Waals surface area (Å²) in [6.07, 6.45) is 5.80. The van der Waals surface area contributed by atoms with Crippen LogP contribution in [-0.4, -0.2) is 5.78 Å². The highest BCUT2D eigenvalue weighted by Crippen LogP contribution is 2.12. The van der Waals surface area contributed by atoms with E-state index < -0.39 is 0 Å². The van der Waals surface area contributed by atoms with Gasteiger partial charge in [0.1, 0.15) is 5.78 Å². The van der Waals surface area contributed by atoms with Gasteiger partial charge in [-0.2, -0.15) is 0 Å². The maximum Gasteiger partial charge on any atom is 0.132 e. The molecule has 0 bridgehead atoms. The van der Waals surface area contributed by atoms with E-state index in [0.717, 1.165) is 38.5 Å². The molecule has 0 spiro atoms. The quantitative estimate of drug-likeness (QED) is 0.668. The molecule has 0 saturated carbocycles. The van der Waals surface area contributed by atoms with Crippen molar-refractivity contribution in [3.8, 4) is 0 Å². The fourth-order valence-electron chi connectivity index (χ4n) is 1.41. The van der Waals surface area contributed by atoms with Crippen molar-refractivity contribution in [3.63, 3.8) is 0 Å². The number of Topliss-reactive ketones (excluding diaryl/α,β-unsaturated/α-hetero) is 1. The number of thiophene rings is 1. The minimum Gasteiger partial charge on any atom is -0.300 e. The zero-order chi connectivity index (χ0) is 10.2. The molecule has 1 nitrogen and oxygen atoms in total. The third-order valence-corrected chi connectivity index (χ3v) is 3.20. The molecule has 0 aliphatic rings. The molecule has 0 aromatic carbocycles. The Morgan fingerprint density at radius 1 is 1.36 bits per heavy atom. The molecule has 0 aliphatic heterocycles. The van der Waals surface area contributed by atoms with Crippen LogP contribution < -0.4 is 0 Å². The predicted molar refractivity (Wildman–Crippen MR) is 61.8 cm³/mol. The number of unbranched alkanes of at least 4 members (excludes halogenated alkanes) is 1. The van der Waals surface area contributed by atoms with Crippen LogP contribution in [0.2, 0.25) is 0 Å². The van der Waals surface area contributed by atoms with Crippen molar-refractivity contribution in [3.05, 3.63) is 22.4 Å². The molecule has 2 heteroatoms. The first-order chi connectivity index (χ1) is 6.83. The fourth-order valence-corrected chi connectivity index (χ4v) is 2.16.